The fourth-order valence-electron chi connectivity index (χ4n) is 2.03. The van der Waals surface area contributed by atoms with E-state index in [4.69, 9.17) is 4.42 Å². The van der Waals surface area contributed by atoms with Crippen LogP contribution in [-0.4, -0.2) is 30.8 Å². The third kappa shape index (κ3) is 5.87. The second-order valence-electron chi connectivity index (χ2n) is 5.38. The van der Waals surface area contributed by atoms with E-state index in [1.54, 1.807) is 6.07 Å². The second-order valence-corrected chi connectivity index (χ2v) is 5.38. The molecule has 144 valence electrons. The first-order chi connectivity index (χ1) is 12.9. The fraction of sp³-hybridized carbons (Fsp3) is 0.235. The van der Waals surface area contributed by atoms with Crippen molar-refractivity contribution in [1.82, 2.24) is 10.6 Å². The molecule has 0 aliphatic carbocycles. The van der Waals surface area contributed by atoms with Crippen molar-refractivity contribution in [1.29, 1.82) is 0 Å². The predicted molar refractivity (Wildman–Crippen MR) is 88.2 cm³/mol. The second kappa shape index (κ2) is 9.41. The molecule has 2 rings (SSSR count). The molecule has 7 nitrogen and oxygen atoms in total. The van der Waals surface area contributed by atoms with Gasteiger partial charge in [0.15, 0.2) is 23.2 Å². The molecule has 0 aliphatic heterocycles. The fourth-order valence-corrected chi connectivity index (χ4v) is 2.03. The molecule has 0 saturated heterocycles. The molecule has 0 saturated carbocycles. The van der Waals surface area contributed by atoms with Gasteiger partial charge in [0.2, 0.25) is 11.8 Å². The molecule has 0 atom stereocenters. The van der Waals surface area contributed by atoms with Crippen LogP contribution >= 0.6 is 0 Å². The molecule has 0 radical (unpaired) electrons. The summed E-state index contributed by atoms with van der Waals surface area (Å²) in [5.41, 5.74) is -0.534. The highest BCUT2D eigenvalue weighted by atomic mass is 19.2. The standard InChI is InChI=1S/C17H16F3N3O4/c18-10-5-6-11(16(20)15(10)19)23-14(25)9-22-13(24)4-1-7-21-17(26)12-3-2-8-27-12/h2-3,5-6,8H,1,4,7,9H2,(H,21,26)(H,22,24)(H,23,25). The van der Waals surface area contributed by atoms with Crippen LogP contribution in [0.5, 0.6) is 0 Å². The quantitative estimate of drug-likeness (QED) is 0.479. The number of rotatable bonds is 8. The van der Waals surface area contributed by atoms with Gasteiger partial charge in [-0.1, -0.05) is 0 Å². The summed E-state index contributed by atoms with van der Waals surface area (Å²) < 4.78 is 44.2. The zero-order chi connectivity index (χ0) is 19.8. The maximum atomic E-state index is 13.4. The molecule has 1 aromatic heterocycles. The van der Waals surface area contributed by atoms with E-state index in [-0.39, 0.29) is 18.7 Å². The summed E-state index contributed by atoms with van der Waals surface area (Å²) in [5, 5.41) is 6.87. The molecule has 0 aliphatic rings. The number of carbonyl (C=O) groups excluding carboxylic acids is 3. The van der Waals surface area contributed by atoms with Gasteiger partial charge >= 0.3 is 0 Å². The minimum absolute atomic E-state index is 0.0330. The lowest BCUT2D eigenvalue weighted by Crippen LogP contribution is -2.33. The monoisotopic (exact) mass is 383 g/mol. The minimum atomic E-state index is -1.70. The summed E-state index contributed by atoms with van der Waals surface area (Å²) in [6.45, 7) is -0.255. The first kappa shape index (κ1) is 20.0. The molecule has 27 heavy (non-hydrogen) atoms. The Bertz CT molecular complexity index is 825. The average molecular weight is 383 g/mol. The summed E-state index contributed by atoms with van der Waals surface area (Å²) in [7, 11) is 0. The van der Waals surface area contributed by atoms with Crippen molar-refractivity contribution in [3.05, 3.63) is 53.7 Å². The van der Waals surface area contributed by atoms with Gasteiger partial charge in [-0.3, -0.25) is 14.4 Å². The van der Waals surface area contributed by atoms with Crippen molar-refractivity contribution < 1.29 is 32.0 Å². The van der Waals surface area contributed by atoms with Gasteiger partial charge < -0.3 is 20.4 Å². The molecule has 1 aromatic carbocycles. The van der Waals surface area contributed by atoms with Crippen molar-refractivity contribution in [3.63, 3.8) is 0 Å². The maximum Gasteiger partial charge on any atom is 0.286 e. The Morgan fingerprint density at radius 1 is 0.963 bits per heavy atom. The topological polar surface area (TPSA) is 100 Å². The highest BCUT2D eigenvalue weighted by Gasteiger charge is 2.15. The maximum absolute atomic E-state index is 13.4. The SMILES string of the molecule is O=C(CCCNC(=O)c1ccco1)NCC(=O)Nc1ccc(F)c(F)c1F. The molecule has 0 spiro atoms. The van der Waals surface area contributed by atoms with Crippen molar-refractivity contribution in [2.45, 2.75) is 12.8 Å². The lowest BCUT2D eigenvalue weighted by molar-refractivity contribution is -0.124. The molecule has 2 aromatic rings. The normalized spacial score (nSPS) is 10.3. The highest BCUT2D eigenvalue weighted by Crippen LogP contribution is 2.19. The number of anilines is 1. The van der Waals surface area contributed by atoms with Crippen molar-refractivity contribution >= 4 is 23.4 Å². The number of hydrogen-bond donors (Lipinski definition) is 3. The molecule has 0 bridgehead atoms. The first-order valence-corrected chi connectivity index (χ1v) is 7.90. The van der Waals surface area contributed by atoms with Crippen LogP contribution in [0.2, 0.25) is 0 Å². The van der Waals surface area contributed by atoms with E-state index in [1.807, 2.05) is 5.32 Å². The Morgan fingerprint density at radius 3 is 2.44 bits per heavy atom. The smallest absolute Gasteiger partial charge is 0.286 e. The van der Waals surface area contributed by atoms with Crippen LogP contribution in [0, 0.1) is 17.5 Å². The summed E-state index contributed by atoms with van der Waals surface area (Å²) in [6.07, 6.45) is 1.71. The summed E-state index contributed by atoms with van der Waals surface area (Å²) in [4.78, 5) is 34.8. The third-order valence-electron chi connectivity index (χ3n) is 3.37. The van der Waals surface area contributed by atoms with Crippen LogP contribution in [0.15, 0.2) is 34.9 Å². The molecule has 0 unspecified atom stereocenters. The largest absolute Gasteiger partial charge is 0.459 e. The predicted octanol–water partition coefficient (Wildman–Crippen LogP) is 1.96. The molecular weight excluding hydrogens is 367 g/mol. The molecule has 0 fully saturated rings. The molecular formula is C17H16F3N3O4. The number of amides is 3. The zero-order valence-electron chi connectivity index (χ0n) is 14.0. The number of carbonyl (C=O) groups is 3. The van der Waals surface area contributed by atoms with Gasteiger partial charge in [0.1, 0.15) is 0 Å². The summed E-state index contributed by atoms with van der Waals surface area (Å²) >= 11 is 0. The van der Waals surface area contributed by atoms with Gasteiger partial charge in [-0.05, 0) is 30.7 Å². The van der Waals surface area contributed by atoms with E-state index >= 15 is 0 Å². The number of halogens is 3. The van der Waals surface area contributed by atoms with Crippen LogP contribution in [0.25, 0.3) is 0 Å². The first-order valence-electron chi connectivity index (χ1n) is 7.90. The van der Waals surface area contributed by atoms with Crippen molar-refractivity contribution in [2.75, 3.05) is 18.4 Å². The molecule has 10 heteroatoms. The van der Waals surface area contributed by atoms with Crippen LogP contribution in [0.4, 0.5) is 18.9 Å². The number of hydrogen-bond acceptors (Lipinski definition) is 4. The van der Waals surface area contributed by atoms with E-state index in [9.17, 15) is 27.6 Å². The van der Waals surface area contributed by atoms with Crippen LogP contribution in [0.3, 0.4) is 0 Å². The summed E-state index contributed by atoms with van der Waals surface area (Å²) in [5.74, 6) is -6.13. The zero-order valence-corrected chi connectivity index (χ0v) is 14.0. The summed E-state index contributed by atoms with van der Waals surface area (Å²) in [6, 6.07) is 4.61. The van der Waals surface area contributed by atoms with Crippen LogP contribution in [-0.2, 0) is 9.59 Å². The lowest BCUT2D eigenvalue weighted by atomic mass is 10.2. The van der Waals surface area contributed by atoms with Crippen molar-refractivity contribution in [3.8, 4) is 0 Å². The van der Waals surface area contributed by atoms with Gasteiger partial charge in [0.05, 0.1) is 18.5 Å². The van der Waals surface area contributed by atoms with E-state index in [0.29, 0.717) is 12.5 Å². The highest BCUT2D eigenvalue weighted by molar-refractivity contribution is 5.94. The molecule has 3 amide bonds. The van der Waals surface area contributed by atoms with Gasteiger partial charge in [0.25, 0.3) is 5.91 Å². The Labute approximate surface area is 151 Å². The lowest BCUT2D eigenvalue weighted by Gasteiger charge is -2.08. The van der Waals surface area contributed by atoms with E-state index < -0.39 is 47.4 Å². The third-order valence-corrected chi connectivity index (χ3v) is 3.37. The minimum Gasteiger partial charge on any atom is -0.459 e. The van der Waals surface area contributed by atoms with Gasteiger partial charge in [-0.15, -0.1) is 0 Å². The van der Waals surface area contributed by atoms with Crippen LogP contribution in [0.1, 0.15) is 23.4 Å². The van der Waals surface area contributed by atoms with E-state index in [0.717, 1.165) is 6.07 Å². The number of furan rings is 1. The van der Waals surface area contributed by atoms with Gasteiger partial charge in [0, 0.05) is 13.0 Å². The number of nitrogens with one attached hydrogen (secondary N) is 3. The Hall–Kier alpha value is -3.30. The Balaban J connectivity index is 1.66. The van der Waals surface area contributed by atoms with Gasteiger partial charge in [-0.2, -0.15) is 0 Å². The molecule has 1 heterocycles. The molecule has 3 N–H and O–H groups in total. The Kier molecular flexibility index (Phi) is 6.98. The van der Waals surface area contributed by atoms with Crippen LogP contribution < -0.4 is 16.0 Å². The number of benzene rings is 1. The van der Waals surface area contributed by atoms with E-state index in [1.165, 1.54) is 12.3 Å². The van der Waals surface area contributed by atoms with E-state index in [2.05, 4.69) is 10.6 Å². The Morgan fingerprint density at radius 2 is 1.74 bits per heavy atom. The van der Waals surface area contributed by atoms with Gasteiger partial charge in [-0.25, -0.2) is 13.2 Å². The average Bonchev–Trinajstić information content (AvgIpc) is 3.19. The van der Waals surface area contributed by atoms with Crippen molar-refractivity contribution in [2.24, 2.45) is 0 Å².